The van der Waals surface area contributed by atoms with E-state index in [1.54, 1.807) is 38.0 Å². The van der Waals surface area contributed by atoms with Crippen LogP contribution >= 0.6 is 0 Å². The molecule has 0 spiro atoms. The van der Waals surface area contributed by atoms with Crippen LogP contribution in [0.2, 0.25) is 0 Å². The van der Waals surface area contributed by atoms with E-state index in [0.717, 1.165) is 25.2 Å². The van der Waals surface area contributed by atoms with Crippen LogP contribution in [0.3, 0.4) is 0 Å². The number of hydrogen-bond donors (Lipinski definition) is 2. The lowest BCUT2D eigenvalue weighted by molar-refractivity contribution is -0.140. The van der Waals surface area contributed by atoms with Gasteiger partial charge in [-0.1, -0.05) is 12.1 Å². The Morgan fingerprint density at radius 2 is 1.88 bits per heavy atom. The molecule has 1 aromatic heterocycles. The number of nitrogens with zero attached hydrogens (tertiary/aromatic N) is 3. The fraction of sp³-hybridized carbons (Fsp3) is 0.458. The maximum atomic E-state index is 13.2. The van der Waals surface area contributed by atoms with E-state index >= 15 is 0 Å². The Hall–Kier alpha value is -3.17. The summed E-state index contributed by atoms with van der Waals surface area (Å²) in [4.78, 5) is 30.1. The number of methoxy groups -OCH3 is 1. The molecule has 1 atom stereocenters. The van der Waals surface area contributed by atoms with Gasteiger partial charge in [0.25, 0.3) is 11.7 Å². The number of rotatable bonds is 7. The number of nitrogens with one attached hydrogen (secondary N) is 1. The van der Waals surface area contributed by atoms with Crippen molar-refractivity contribution >= 4 is 17.4 Å². The third-order valence-electron chi connectivity index (χ3n) is 6.31. The molecular formula is C24H30N4O5. The summed E-state index contributed by atoms with van der Waals surface area (Å²) >= 11 is 0. The molecule has 1 unspecified atom stereocenters. The van der Waals surface area contributed by atoms with Gasteiger partial charge < -0.3 is 19.5 Å². The summed E-state index contributed by atoms with van der Waals surface area (Å²) in [6.07, 6.45) is 0.712. The number of Topliss-reactive ketones (excluding diaryl/α,β-unsaturated/α-hetero) is 1. The molecule has 2 fully saturated rings. The van der Waals surface area contributed by atoms with Crippen molar-refractivity contribution in [2.45, 2.75) is 26.3 Å². The van der Waals surface area contributed by atoms with Crippen molar-refractivity contribution in [3.8, 4) is 5.75 Å². The van der Waals surface area contributed by atoms with Crippen LogP contribution in [0, 0.1) is 13.8 Å². The maximum Gasteiger partial charge on any atom is 0.295 e. The second kappa shape index (κ2) is 9.76. The lowest BCUT2D eigenvalue weighted by atomic mass is 9.94. The van der Waals surface area contributed by atoms with E-state index in [4.69, 9.17) is 9.47 Å². The van der Waals surface area contributed by atoms with Gasteiger partial charge in [-0.2, -0.15) is 5.10 Å². The standard InChI is InChI=1S/C24H30N4O5/c1-15-19(16(2)26-25-15)22(29)20-21(17-5-7-18(32-3)8-6-17)28(24(31)23(20)30)10-4-9-27-11-13-33-14-12-27/h5-8,21,29H,4,9-14H2,1-3H3,(H,25,26)/b22-20+. The first kappa shape index (κ1) is 23.0. The van der Waals surface area contributed by atoms with Crippen LogP contribution in [0.25, 0.3) is 5.76 Å². The molecule has 1 aromatic carbocycles. The first-order valence-corrected chi connectivity index (χ1v) is 11.2. The Morgan fingerprint density at radius 3 is 2.48 bits per heavy atom. The zero-order valence-corrected chi connectivity index (χ0v) is 19.3. The molecule has 2 saturated heterocycles. The van der Waals surface area contributed by atoms with Gasteiger partial charge in [0.15, 0.2) is 0 Å². The van der Waals surface area contributed by atoms with Crippen molar-refractivity contribution < 1.29 is 24.2 Å². The number of ether oxygens (including phenoxy) is 2. The van der Waals surface area contributed by atoms with Crippen LogP contribution in [0.1, 0.15) is 35.0 Å². The van der Waals surface area contributed by atoms with Gasteiger partial charge in [-0.05, 0) is 38.0 Å². The normalized spacial score (nSPS) is 21.1. The molecule has 0 aliphatic carbocycles. The van der Waals surface area contributed by atoms with Gasteiger partial charge in [0, 0.05) is 31.9 Å². The Kier molecular flexibility index (Phi) is 6.80. The second-order valence-corrected chi connectivity index (χ2v) is 8.38. The molecule has 0 bridgehead atoms. The van der Waals surface area contributed by atoms with Gasteiger partial charge in [-0.25, -0.2) is 0 Å². The number of aryl methyl sites for hydroxylation is 2. The first-order valence-electron chi connectivity index (χ1n) is 11.2. The van der Waals surface area contributed by atoms with Gasteiger partial charge >= 0.3 is 0 Å². The summed E-state index contributed by atoms with van der Waals surface area (Å²) in [5, 5.41) is 18.2. The zero-order chi connectivity index (χ0) is 23.5. The van der Waals surface area contributed by atoms with Crippen molar-refractivity contribution in [2.75, 3.05) is 46.5 Å². The molecule has 176 valence electrons. The number of likely N-dealkylation sites (tertiary alicyclic amines) is 1. The molecule has 4 rings (SSSR count). The number of amides is 1. The highest BCUT2D eigenvalue weighted by Crippen LogP contribution is 2.40. The van der Waals surface area contributed by atoms with E-state index in [-0.39, 0.29) is 11.3 Å². The number of aromatic amines is 1. The average molecular weight is 455 g/mol. The molecule has 1 amide bonds. The van der Waals surface area contributed by atoms with Crippen molar-refractivity contribution in [3.63, 3.8) is 0 Å². The predicted molar refractivity (Wildman–Crippen MR) is 122 cm³/mol. The highest BCUT2D eigenvalue weighted by molar-refractivity contribution is 6.46. The predicted octanol–water partition coefficient (Wildman–Crippen LogP) is 2.18. The minimum Gasteiger partial charge on any atom is -0.507 e. The van der Waals surface area contributed by atoms with Crippen LogP contribution in [0.15, 0.2) is 29.8 Å². The molecule has 9 heteroatoms. The van der Waals surface area contributed by atoms with Crippen molar-refractivity contribution in [1.82, 2.24) is 20.0 Å². The van der Waals surface area contributed by atoms with E-state index in [2.05, 4.69) is 15.1 Å². The molecule has 9 nitrogen and oxygen atoms in total. The van der Waals surface area contributed by atoms with E-state index in [1.807, 2.05) is 12.1 Å². The number of benzene rings is 1. The summed E-state index contributed by atoms with van der Waals surface area (Å²) in [5.41, 5.74) is 2.49. The monoisotopic (exact) mass is 454 g/mol. The fourth-order valence-corrected chi connectivity index (χ4v) is 4.57. The molecule has 2 aromatic rings. The number of hydrogen-bond acceptors (Lipinski definition) is 7. The van der Waals surface area contributed by atoms with Gasteiger partial charge in [0.1, 0.15) is 11.5 Å². The number of ketones is 1. The van der Waals surface area contributed by atoms with E-state index in [1.165, 1.54) is 0 Å². The number of carbonyl (C=O) groups is 2. The third-order valence-corrected chi connectivity index (χ3v) is 6.31. The van der Waals surface area contributed by atoms with Crippen LogP contribution < -0.4 is 4.74 Å². The third kappa shape index (κ3) is 4.51. The molecule has 2 N–H and O–H groups in total. The van der Waals surface area contributed by atoms with Gasteiger partial charge in [0.05, 0.1) is 43.2 Å². The van der Waals surface area contributed by atoms with Crippen molar-refractivity contribution in [3.05, 3.63) is 52.4 Å². The second-order valence-electron chi connectivity index (χ2n) is 8.38. The minimum atomic E-state index is -0.686. The Labute approximate surface area is 193 Å². The lowest BCUT2D eigenvalue weighted by Gasteiger charge is -2.29. The van der Waals surface area contributed by atoms with Gasteiger partial charge in [0.2, 0.25) is 0 Å². The van der Waals surface area contributed by atoms with Gasteiger partial charge in [-0.3, -0.25) is 19.6 Å². The van der Waals surface area contributed by atoms with E-state index in [0.29, 0.717) is 48.9 Å². The molecule has 0 radical (unpaired) electrons. The number of aromatic nitrogens is 2. The largest absolute Gasteiger partial charge is 0.507 e. The number of aliphatic hydroxyl groups excluding tert-OH is 1. The van der Waals surface area contributed by atoms with Crippen LogP contribution in [0.5, 0.6) is 5.75 Å². The lowest BCUT2D eigenvalue weighted by Crippen LogP contribution is -2.38. The summed E-state index contributed by atoms with van der Waals surface area (Å²) in [6.45, 7) is 7.87. The maximum absolute atomic E-state index is 13.2. The summed E-state index contributed by atoms with van der Waals surface area (Å²) in [7, 11) is 1.58. The summed E-state index contributed by atoms with van der Waals surface area (Å²) < 4.78 is 10.7. The number of aliphatic hydroxyl groups is 1. The molecule has 2 aliphatic heterocycles. The average Bonchev–Trinajstić information content (AvgIpc) is 3.30. The van der Waals surface area contributed by atoms with E-state index < -0.39 is 17.7 Å². The van der Waals surface area contributed by atoms with Gasteiger partial charge in [-0.15, -0.1) is 0 Å². The minimum absolute atomic E-state index is 0.0872. The number of morpholine rings is 1. The van der Waals surface area contributed by atoms with Crippen LogP contribution in [0.4, 0.5) is 0 Å². The summed E-state index contributed by atoms with van der Waals surface area (Å²) in [6, 6.07) is 6.54. The number of H-pyrrole nitrogens is 1. The molecule has 0 saturated carbocycles. The molecular weight excluding hydrogens is 424 g/mol. The van der Waals surface area contributed by atoms with Crippen molar-refractivity contribution in [2.24, 2.45) is 0 Å². The van der Waals surface area contributed by atoms with Crippen LogP contribution in [-0.2, 0) is 14.3 Å². The van der Waals surface area contributed by atoms with E-state index in [9.17, 15) is 14.7 Å². The summed E-state index contributed by atoms with van der Waals surface area (Å²) in [5.74, 6) is -0.809. The Morgan fingerprint density at radius 1 is 1.18 bits per heavy atom. The quantitative estimate of drug-likeness (QED) is 0.375. The Bertz CT molecular complexity index is 1030. The number of carbonyl (C=O) groups excluding carboxylic acids is 2. The fourth-order valence-electron chi connectivity index (χ4n) is 4.57. The Balaban J connectivity index is 1.69. The smallest absolute Gasteiger partial charge is 0.295 e. The molecule has 33 heavy (non-hydrogen) atoms. The SMILES string of the molecule is COc1ccc(C2/C(=C(\O)c3c(C)n[nH]c3C)C(=O)C(=O)N2CCCN2CCOCC2)cc1. The molecule has 2 aliphatic rings. The topological polar surface area (TPSA) is 108 Å². The highest BCUT2D eigenvalue weighted by Gasteiger charge is 2.46. The highest BCUT2D eigenvalue weighted by atomic mass is 16.5. The molecule has 3 heterocycles. The van der Waals surface area contributed by atoms with Crippen LogP contribution in [-0.4, -0.2) is 83.3 Å². The van der Waals surface area contributed by atoms with Crippen molar-refractivity contribution in [1.29, 1.82) is 0 Å². The first-order chi connectivity index (χ1) is 15.9. The zero-order valence-electron chi connectivity index (χ0n) is 19.3.